The van der Waals surface area contributed by atoms with E-state index in [1.54, 1.807) is 11.3 Å². The van der Waals surface area contributed by atoms with Crippen LogP contribution < -0.4 is 0 Å². The Kier molecular flexibility index (Phi) is 4.57. The summed E-state index contributed by atoms with van der Waals surface area (Å²) in [4.78, 5) is 20.7. The summed E-state index contributed by atoms with van der Waals surface area (Å²) in [5, 5.41) is 12.7. The lowest BCUT2D eigenvalue weighted by atomic mass is 9.95. The molecule has 2 saturated heterocycles. The Hall–Kier alpha value is -0.980. The SMILES string of the molecule is Cc1nc(CN2CC[C@@H](N3CCCC3)C[C@@H]2C(=O)O)cs1. The number of carboxylic acids is 1. The predicted molar refractivity (Wildman–Crippen MR) is 82.5 cm³/mol. The van der Waals surface area contributed by atoms with E-state index in [4.69, 9.17) is 0 Å². The maximum atomic E-state index is 11.6. The maximum absolute atomic E-state index is 11.6. The van der Waals surface area contributed by atoms with Crippen LogP contribution in [-0.4, -0.2) is 57.6 Å². The van der Waals surface area contributed by atoms with Crippen LogP contribution in [0.1, 0.15) is 36.4 Å². The number of rotatable bonds is 4. The molecule has 0 aromatic carbocycles. The van der Waals surface area contributed by atoms with Gasteiger partial charge < -0.3 is 10.0 Å². The largest absolute Gasteiger partial charge is 0.480 e. The molecule has 0 aliphatic carbocycles. The number of hydrogen-bond donors (Lipinski definition) is 1. The van der Waals surface area contributed by atoms with E-state index in [0.29, 0.717) is 12.6 Å². The van der Waals surface area contributed by atoms with Gasteiger partial charge in [-0.3, -0.25) is 9.69 Å². The standard InChI is InChI=1S/C15H23N3O2S/c1-11-16-12(10-21-11)9-18-7-4-13(8-14(18)15(19)20)17-5-2-3-6-17/h10,13-14H,2-9H2,1H3,(H,19,20)/t13-,14-/m1/s1. The molecular formula is C15H23N3O2S. The highest BCUT2D eigenvalue weighted by atomic mass is 32.1. The second kappa shape index (κ2) is 6.42. The van der Waals surface area contributed by atoms with Crippen molar-refractivity contribution in [2.75, 3.05) is 19.6 Å². The van der Waals surface area contributed by atoms with Crippen LogP contribution in [0.15, 0.2) is 5.38 Å². The summed E-state index contributed by atoms with van der Waals surface area (Å²) in [5.41, 5.74) is 1.00. The van der Waals surface area contributed by atoms with E-state index >= 15 is 0 Å². The molecule has 1 aromatic rings. The molecule has 0 radical (unpaired) electrons. The van der Waals surface area contributed by atoms with E-state index < -0.39 is 5.97 Å². The summed E-state index contributed by atoms with van der Waals surface area (Å²) in [6.07, 6.45) is 4.34. The Morgan fingerprint density at radius 1 is 1.43 bits per heavy atom. The Labute approximate surface area is 129 Å². The van der Waals surface area contributed by atoms with E-state index in [1.807, 2.05) is 12.3 Å². The Balaban J connectivity index is 1.65. The van der Waals surface area contributed by atoms with Gasteiger partial charge in [0.2, 0.25) is 0 Å². The van der Waals surface area contributed by atoms with Crippen molar-refractivity contribution in [3.8, 4) is 0 Å². The quantitative estimate of drug-likeness (QED) is 0.921. The lowest BCUT2D eigenvalue weighted by Crippen LogP contribution is -2.52. The van der Waals surface area contributed by atoms with Gasteiger partial charge in [0.05, 0.1) is 10.7 Å². The molecule has 5 nitrogen and oxygen atoms in total. The number of piperidine rings is 1. The molecule has 0 saturated carbocycles. The second-order valence-electron chi connectivity index (χ2n) is 6.10. The summed E-state index contributed by atoms with van der Waals surface area (Å²) in [7, 11) is 0. The zero-order valence-corrected chi connectivity index (χ0v) is 13.3. The molecule has 1 aromatic heterocycles. The van der Waals surface area contributed by atoms with Crippen molar-refractivity contribution < 1.29 is 9.90 Å². The highest BCUT2D eigenvalue weighted by molar-refractivity contribution is 7.09. The van der Waals surface area contributed by atoms with Gasteiger partial charge in [0.25, 0.3) is 0 Å². The van der Waals surface area contributed by atoms with Gasteiger partial charge in [0.15, 0.2) is 0 Å². The van der Waals surface area contributed by atoms with E-state index in [-0.39, 0.29) is 6.04 Å². The first-order valence-electron chi connectivity index (χ1n) is 7.75. The Bertz CT molecular complexity index is 499. The van der Waals surface area contributed by atoms with Crippen molar-refractivity contribution in [1.29, 1.82) is 0 Å². The first-order valence-corrected chi connectivity index (χ1v) is 8.63. The monoisotopic (exact) mass is 309 g/mol. The summed E-state index contributed by atoms with van der Waals surface area (Å²) >= 11 is 1.63. The van der Waals surface area contributed by atoms with Crippen molar-refractivity contribution in [3.05, 3.63) is 16.1 Å². The number of aryl methyl sites for hydroxylation is 1. The highest BCUT2D eigenvalue weighted by Gasteiger charge is 2.36. The van der Waals surface area contributed by atoms with Crippen molar-refractivity contribution in [1.82, 2.24) is 14.8 Å². The lowest BCUT2D eigenvalue weighted by Gasteiger charge is -2.40. The number of nitrogens with zero attached hydrogens (tertiary/aromatic N) is 3. The zero-order chi connectivity index (χ0) is 14.8. The van der Waals surface area contributed by atoms with Crippen LogP contribution >= 0.6 is 11.3 Å². The van der Waals surface area contributed by atoms with Gasteiger partial charge in [0.1, 0.15) is 6.04 Å². The Morgan fingerprint density at radius 2 is 2.19 bits per heavy atom. The number of thiazole rings is 1. The minimum Gasteiger partial charge on any atom is -0.480 e. The molecule has 0 bridgehead atoms. The van der Waals surface area contributed by atoms with Crippen LogP contribution in [0.2, 0.25) is 0 Å². The molecule has 0 amide bonds. The first-order chi connectivity index (χ1) is 10.1. The molecular weight excluding hydrogens is 286 g/mol. The van der Waals surface area contributed by atoms with Crippen molar-refractivity contribution >= 4 is 17.3 Å². The maximum Gasteiger partial charge on any atom is 0.320 e. The van der Waals surface area contributed by atoms with Gasteiger partial charge in [-0.15, -0.1) is 11.3 Å². The fourth-order valence-electron chi connectivity index (χ4n) is 3.57. The van der Waals surface area contributed by atoms with E-state index in [9.17, 15) is 9.90 Å². The summed E-state index contributed by atoms with van der Waals surface area (Å²) in [5.74, 6) is -0.689. The summed E-state index contributed by atoms with van der Waals surface area (Å²) in [6.45, 7) is 5.79. The molecule has 2 atom stereocenters. The number of likely N-dealkylation sites (tertiary alicyclic amines) is 2. The van der Waals surface area contributed by atoms with E-state index in [1.165, 1.54) is 12.8 Å². The van der Waals surface area contributed by atoms with Crippen LogP contribution in [-0.2, 0) is 11.3 Å². The molecule has 0 spiro atoms. The third kappa shape index (κ3) is 3.44. The zero-order valence-electron chi connectivity index (χ0n) is 12.5. The number of carboxylic acid groups (broad SMARTS) is 1. The van der Waals surface area contributed by atoms with Crippen LogP contribution in [0.5, 0.6) is 0 Å². The lowest BCUT2D eigenvalue weighted by molar-refractivity contribution is -0.146. The van der Waals surface area contributed by atoms with Crippen molar-refractivity contribution in [3.63, 3.8) is 0 Å². The molecule has 1 N–H and O–H groups in total. The molecule has 2 aliphatic heterocycles. The van der Waals surface area contributed by atoms with E-state index in [2.05, 4.69) is 14.8 Å². The normalized spacial score (nSPS) is 28.0. The molecule has 116 valence electrons. The van der Waals surface area contributed by atoms with Crippen LogP contribution in [0.4, 0.5) is 0 Å². The third-order valence-electron chi connectivity index (χ3n) is 4.66. The van der Waals surface area contributed by atoms with Crippen molar-refractivity contribution in [2.24, 2.45) is 0 Å². The smallest absolute Gasteiger partial charge is 0.320 e. The average Bonchev–Trinajstić information content (AvgIpc) is 3.11. The van der Waals surface area contributed by atoms with Crippen molar-refractivity contribution in [2.45, 2.75) is 51.2 Å². The van der Waals surface area contributed by atoms with Crippen LogP contribution in [0.3, 0.4) is 0 Å². The number of carbonyl (C=O) groups is 1. The molecule has 3 heterocycles. The van der Waals surface area contributed by atoms with Gasteiger partial charge in [-0.1, -0.05) is 0 Å². The van der Waals surface area contributed by atoms with Gasteiger partial charge >= 0.3 is 5.97 Å². The van der Waals surface area contributed by atoms with Crippen LogP contribution in [0.25, 0.3) is 0 Å². The Morgan fingerprint density at radius 3 is 2.81 bits per heavy atom. The second-order valence-corrected chi connectivity index (χ2v) is 7.17. The predicted octanol–water partition coefficient (Wildman–Crippen LogP) is 1.96. The minimum absolute atomic E-state index is 0.369. The molecule has 3 rings (SSSR count). The molecule has 2 aliphatic rings. The number of hydrogen-bond acceptors (Lipinski definition) is 5. The summed E-state index contributed by atoms with van der Waals surface area (Å²) in [6, 6.07) is 0.0772. The number of aromatic nitrogens is 1. The van der Waals surface area contributed by atoms with Gasteiger partial charge in [0, 0.05) is 24.5 Å². The third-order valence-corrected chi connectivity index (χ3v) is 5.48. The molecule has 2 fully saturated rings. The average molecular weight is 309 g/mol. The van der Waals surface area contributed by atoms with Crippen LogP contribution in [0, 0.1) is 6.92 Å². The minimum atomic E-state index is -0.689. The highest BCUT2D eigenvalue weighted by Crippen LogP contribution is 2.26. The van der Waals surface area contributed by atoms with Gasteiger partial charge in [-0.05, 0) is 45.7 Å². The molecule has 0 unspecified atom stereocenters. The van der Waals surface area contributed by atoms with Gasteiger partial charge in [-0.2, -0.15) is 0 Å². The fourth-order valence-corrected chi connectivity index (χ4v) is 4.17. The molecule has 21 heavy (non-hydrogen) atoms. The number of aliphatic carboxylic acids is 1. The summed E-state index contributed by atoms with van der Waals surface area (Å²) < 4.78 is 0. The van der Waals surface area contributed by atoms with E-state index in [0.717, 1.165) is 43.2 Å². The topological polar surface area (TPSA) is 56.7 Å². The fraction of sp³-hybridized carbons (Fsp3) is 0.733. The molecule has 6 heteroatoms. The first kappa shape index (κ1) is 14.9. The van der Waals surface area contributed by atoms with Gasteiger partial charge in [-0.25, -0.2) is 4.98 Å².